The molecule has 1 aromatic carbocycles. The molecule has 350 valence electrons. The molecule has 2 rings (SSSR count). The summed E-state index contributed by atoms with van der Waals surface area (Å²) in [5.74, 6) is -0.384. The summed E-state index contributed by atoms with van der Waals surface area (Å²) in [4.78, 5) is 13.6. The summed E-state index contributed by atoms with van der Waals surface area (Å²) in [6, 6.07) is 9.16. The van der Waals surface area contributed by atoms with Crippen molar-refractivity contribution in [3.05, 3.63) is 70.4 Å². The van der Waals surface area contributed by atoms with Gasteiger partial charge < -0.3 is 4.43 Å². The van der Waals surface area contributed by atoms with Gasteiger partial charge in [-0.2, -0.15) is 0 Å². The van der Waals surface area contributed by atoms with Crippen molar-refractivity contribution in [3.8, 4) is 0 Å². The van der Waals surface area contributed by atoms with E-state index in [1.165, 1.54) is 55.4 Å². The molecule has 1 heterocycles. The number of hydrogen-bond donors (Lipinski definition) is 1. The van der Waals surface area contributed by atoms with Crippen molar-refractivity contribution in [1.82, 2.24) is 0 Å². The van der Waals surface area contributed by atoms with Gasteiger partial charge in [-0.25, -0.2) is 0 Å². The summed E-state index contributed by atoms with van der Waals surface area (Å²) < 4.78 is 33.1. The number of aliphatic hydroxyl groups excluding tert-OH is 1. The molecule has 0 bridgehead atoms. The molecule has 1 aliphatic rings. The van der Waals surface area contributed by atoms with E-state index in [-0.39, 0.29) is 41.8 Å². The second kappa shape index (κ2) is 26.2. The Labute approximate surface area is 382 Å². The summed E-state index contributed by atoms with van der Waals surface area (Å²) in [6.07, 6.45) is 12.8. The average Bonchev–Trinajstić information content (AvgIpc) is 4.00. The first-order valence-corrected chi connectivity index (χ1v) is 37.0. The van der Waals surface area contributed by atoms with E-state index in [2.05, 4.69) is 115 Å². The van der Waals surface area contributed by atoms with Gasteiger partial charge in [-0.05, 0) is 43.6 Å². The first kappa shape index (κ1) is 56.1. The Morgan fingerprint density at radius 1 is 0.836 bits per heavy atom. The van der Waals surface area contributed by atoms with Crippen LogP contribution in [-0.4, -0.2) is 82.7 Å². The third-order valence-corrected chi connectivity index (χ3v) is 41.2. The van der Waals surface area contributed by atoms with Crippen LogP contribution in [0.25, 0.3) is 0 Å². The standard InChI is InChI=1S/C40H67O6Si2.3C4H9.Sn/c1-15-17-24-33(45-47(13,14)40(10,11)12)25-26-35(43-39(42)32-22-19-18-20-23-32)31(9)27-34(41)37-38(44-37)36(21-16-2)46-48(28(3)4,29(5)6)30(7)8;3*1-3-4-2;/h15,17-20,22-23,28-30,33-38,41H,2,9,21,24-27H2,1,3-8,10-14H3;3*1,3-4H2,2H3;/b17-15+;;;;/t33-,34-,35+,36-,37-,38-;;;;/m1..../s1. The van der Waals surface area contributed by atoms with E-state index in [0.29, 0.717) is 40.6 Å². The number of carbonyl (C=O) groups excluding carboxylic acids is 1. The molecule has 0 amide bonds. The first-order chi connectivity index (χ1) is 28.6. The maximum atomic E-state index is 13.6. The monoisotopic (exact) mass is 991 g/mol. The van der Waals surface area contributed by atoms with Crippen LogP contribution in [-0.2, 0) is 18.3 Å². The Morgan fingerprint density at radius 3 is 1.82 bits per heavy atom. The number of benzene rings is 1. The zero-order chi connectivity index (χ0) is 46.2. The van der Waals surface area contributed by atoms with Crippen molar-refractivity contribution in [2.24, 2.45) is 0 Å². The van der Waals surface area contributed by atoms with Crippen LogP contribution in [0.3, 0.4) is 0 Å². The summed E-state index contributed by atoms with van der Waals surface area (Å²) in [5.41, 5.74) is 2.48. The van der Waals surface area contributed by atoms with Gasteiger partial charge in [0, 0.05) is 0 Å². The average molecular weight is 990 g/mol. The molecular formula is C52H94O6Si2Sn. The SMILES string of the molecule is C=C(C[C@@H](O)[C@H]1O[C@@H]1[C@@H](C[C](=C)[Sn]([CH2]CCC)([CH2]CCC)[CH2]CCC)O[Si](C(C)C)(C(C)C)C(C)C)[C@H](CC[C@@H](C/C=C/C)O[Si](C)(C)C(C)(C)C)OC(=O)c1ccccc1. The third kappa shape index (κ3) is 16.4. The summed E-state index contributed by atoms with van der Waals surface area (Å²) in [7, 11) is -4.38. The topological polar surface area (TPSA) is 77.5 Å². The van der Waals surface area contributed by atoms with Gasteiger partial charge in [0.1, 0.15) is 0 Å². The summed E-state index contributed by atoms with van der Waals surface area (Å²) in [6.45, 7) is 44.0. The van der Waals surface area contributed by atoms with Gasteiger partial charge in [0.25, 0.3) is 0 Å². The van der Waals surface area contributed by atoms with E-state index in [4.69, 9.17) is 24.9 Å². The Morgan fingerprint density at radius 2 is 1.36 bits per heavy atom. The van der Waals surface area contributed by atoms with Crippen molar-refractivity contribution in [3.63, 3.8) is 0 Å². The Kier molecular flexibility index (Phi) is 24.1. The number of epoxide rings is 1. The Hall–Kier alpha value is -1.02. The van der Waals surface area contributed by atoms with Crippen LogP contribution >= 0.6 is 0 Å². The van der Waals surface area contributed by atoms with E-state index in [1.54, 1.807) is 12.1 Å². The molecule has 0 radical (unpaired) electrons. The van der Waals surface area contributed by atoms with Gasteiger partial charge >= 0.3 is 277 Å². The molecule has 1 saturated heterocycles. The molecule has 0 aliphatic carbocycles. The number of hydrogen-bond acceptors (Lipinski definition) is 6. The second-order valence-corrected chi connectivity index (χ2v) is 44.8. The molecule has 1 aliphatic heterocycles. The number of esters is 1. The molecule has 6 atom stereocenters. The number of ether oxygens (including phenoxy) is 2. The quantitative estimate of drug-likeness (QED) is 0.0346. The molecule has 1 aromatic rings. The van der Waals surface area contributed by atoms with Crippen LogP contribution in [0.1, 0.15) is 171 Å². The first-order valence-electron chi connectivity index (χ1n) is 24.5. The van der Waals surface area contributed by atoms with Crippen LogP contribution in [0.15, 0.2) is 64.8 Å². The predicted octanol–water partition coefficient (Wildman–Crippen LogP) is 15.3. The van der Waals surface area contributed by atoms with Crippen LogP contribution in [0.2, 0.25) is 48.1 Å². The molecule has 0 aromatic heterocycles. The molecule has 6 nitrogen and oxygen atoms in total. The van der Waals surface area contributed by atoms with Crippen molar-refractivity contribution in [1.29, 1.82) is 0 Å². The molecule has 0 saturated carbocycles. The van der Waals surface area contributed by atoms with Gasteiger partial charge in [0.2, 0.25) is 0 Å². The minimum absolute atomic E-state index is 0.0216. The minimum Gasteiger partial charge on any atom is -0.0622 e. The number of aliphatic hydroxyl groups is 1. The van der Waals surface area contributed by atoms with Crippen molar-refractivity contribution < 1.29 is 28.2 Å². The van der Waals surface area contributed by atoms with Gasteiger partial charge in [-0.15, -0.1) is 0 Å². The van der Waals surface area contributed by atoms with E-state index in [1.807, 2.05) is 25.1 Å². The molecular weight excluding hydrogens is 895 g/mol. The molecule has 1 N–H and O–H groups in total. The zero-order valence-corrected chi connectivity index (χ0v) is 46.9. The molecule has 1 fully saturated rings. The molecule has 0 unspecified atom stereocenters. The van der Waals surface area contributed by atoms with Crippen molar-refractivity contribution in [2.75, 3.05) is 0 Å². The fraction of sp³-hybridized carbons (Fsp3) is 0.750. The normalized spacial score (nSPS) is 18.5. The van der Waals surface area contributed by atoms with Crippen molar-refractivity contribution in [2.45, 2.75) is 245 Å². The Bertz CT molecular complexity index is 1440. The predicted molar refractivity (Wildman–Crippen MR) is 269 cm³/mol. The summed E-state index contributed by atoms with van der Waals surface area (Å²) in [5, 5.41) is 12.1. The smallest absolute Gasteiger partial charge is 0.0622 e. The van der Waals surface area contributed by atoms with Gasteiger partial charge in [0.15, 0.2) is 8.32 Å². The molecule has 61 heavy (non-hydrogen) atoms. The number of rotatable bonds is 31. The van der Waals surface area contributed by atoms with E-state index < -0.39 is 47.2 Å². The molecule has 9 heteroatoms. The van der Waals surface area contributed by atoms with Gasteiger partial charge in [-0.3, -0.25) is 0 Å². The van der Waals surface area contributed by atoms with E-state index in [0.717, 1.165) is 12.8 Å². The van der Waals surface area contributed by atoms with Gasteiger partial charge in [0.05, 0.1) is 0 Å². The fourth-order valence-electron chi connectivity index (χ4n) is 9.63. The Balaban J connectivity index is 2.49. The molecule has 0 spiro atoms. The number of carbonyl (C=O) groups is 1. The fourth-order valence-corrected chi connectivity index (χ4v) is 32.4. The number of allylic oxidation sites excluding steroid dienone is 1. The van der Waals surface area contributed by atoms with E-state index in [9.17, 15) is 9.90 Å². The van der Waals surface area contributed by atoms with E-state index >= 15 is 0 Å². The third-order valence-electron chi connectivity index (χ3n) is 14.4. The van der Waals surface area contributed by atoms with Crippen LogP contribution in [0, 0.1) is 0 Å². The summed E-state index contributed by atoms with van der Waals surface area (Å²) >= 11 is -2.82. The van der Waals surface area contributed by atoms with Crippen LogP contribution in [0.4, 0.5) is 0 Å². The van der Waals surface area contributed by atoms with Crippen molar-refractivity contribution >= 4 is 41.0 Å². The van der Waals surface area contributed by atoms with Crippen LogP contribution < -0.4 is 0 Å². The van der Waals surface area contributed by atoms with Gasteiger partial charge in [-0.1, -0.05) is 51.1 Å². The minimum atomic E-state index is -2.82. The second-order valence-electron chi connectivity index (χ2n) is 21.0. The number of unbranched alkanes of at least 4 members (excludes halogenated alkanes) is 3. The zero-order valence-electron chi connectivity index (χ0n) is 42.0. The maximum absolute atomic E-state index is 13.6. The van der Waals surface area contributed by atoms with Crippen LogP contribution in [0.5, 0.6) is 0 Å².